The number of nitrogens with one attached hydrogen (secondary N) is 1. The van der Waals surface area contributed by atoms with Gasteiger partial charge in [0.2, 0.25) is 0 Å². The Hall–Kier alpha value is -0.510. The molecule has 0 radical (unpaired) electrons. The molecule has 3 heteroatoms. The maximum absolute atomic E-state index is 8.56. The Morgan fingerprint density at radius 2 is 1.93 bits per heavy atom. The van der Waals surface area contributed by atoms with E-state index in [2.05, 4.69) is 29.6 Å². The Balaban J connectivity index is 1.99. The van der Waals surface area contributed by atoms with Gasteiger partial charge in [-0.1, -0.05) is 18.2 Å². The highest BCUT2D eigenvalue weighted by Gasteiger charge is 1.91. The van der Waals surface area contributed by atoms with E-state index in [1.165, 1.54) is 4.90 Å². The van der Waals surface area contributed by atoms with Gasteiger partial charge in [0.15, 0.2) is 0 Å². The van der Waals surface area contributed by atoms with Crippen LogP contribution in [0.1, 0.15) is 6.42 Å². The predicted molar refractivity (Wildman–Crippen MR) is 61.7 cm³/mol. The van der Waals surface area contributed by atoms with Gasteiger partial charge >= 0.3 is 0 Å². The van der Waals surface area contributed by atoms with Crippen LogP contribution in [0.15, 0.2) is 35.2 Å². The van der Waals surface area contributed by atoms with Gasteiger partial charge in [-0.15, -0.1) is 11.8 Å². The van der Waals surface area contributed by atoms with Crippen molar-refractivity contribution >= 4 is 11.8 Å². The largest absolute Gasteiger partial charge is 0.396 e. The van der Waals surface area contributed by atoms with Crippen LogP contribution in [-0.2, 0) is 0 Å². The normalized spacial score (nSPS) is 10.4. The van der Waals surface area contributed by atoms with E-state index in [9.17, 15) is 0 Å². The van der Waals surface area contributed by atoms with Crippen molar-refractivity contribution in [3.05, 3.63) is 30.3 Å². The van der Waals surface area contributed by atoms with E-state index in [1.54, 1.807) is 0 Å². The highest BCUT2D eigenvalue weighted by molar-refractivity contribution is 7.99. The van der Waals surface area contributed by atoms with Gasteiger partial charge in [-0.05, 0) is 25.1 Å². The fraction of sp³-hybridized carbons (Fsp3) is 0.455. The Kier molecular flexibility index (Phi) is 6.49. The van der Waals surface area contributed by atoms with Gasteiger partial charge in [0.25, 0.3) is 0 Å². The van der Waals surface area contributed by atoms with Crippen molar-refractivity contribution in [2.75, 3.05) is 25.4 Å². The molecule has 0 amide bonds. The number of aliphatic hydroxyl groups excluding tert-OH is 1. The molecular formula is C11H17NOS. The molecule has 0 aliphatic rings. The standard InChI is InChI=1S/C11H17NOS/c13-9-4-7-12-8-10-14-11-5-2-1-3-6-11/h1-3,5-6,12-13H,4,7-10H2. The molecule has 0 fully saturated rings. The summed E-state index contributed by atoms with van der Waals surface area (Å²) in [5.74, 6) is 1.08. The number of aliphatic hydroxyl groups is 1. The molecule has 0 aliphatic heterocycles. The predicted octanol–water partition coefficient (Wildman–Crippen LogP) is 1.75. The first-order valence-corrected chi connectivity index (χ1v) is 5.91. The maximum atomic E-state index is 8.56. The third kappa shape index (κ3) is 5.27. The Bertz CT molecular complexity index is 228. The van der Waals surface area contributed by atoms with E-state index >= 15 is 0 Å². The minimum atomic E-state index is 0.277. The molecule has 78 valence electrons. The number of rotatable bonds is 7. The van der Waals surface area contributed by atoms with Gasteiger partial charge < -0.3 is 10.4 Å². The molecule has 14 heavy (non-hydrogen) atoms. The van der Waals surface area contributed by atoms with Crippen LogP contribution < -0.4 is 5.32 Å². The van der Waals surface area contributed by atoms with Crippen molar-refractivity contribution in [3.63, 3.8) is 0 Å². The molecule has 1 aromatic rings. The van der Waals surface area contributed by atoms with E-state index < -0.39 is 0 Å². The second kappa shape index (κ2) is 7.85. The minimum absolute atomic E-state index is 0.277. The van der Waals surface area contributed by atoms with Crippen LogP contribution in [0.3, 0.4) is 0 Å². The molecule has 0 saturated carbocycles. The smallest absolute Gasteiger partial charge is 0.0443 e. The molecule has 0 atom stereocenters. The summed E-state index contributed by atoms with van der Waals surface area (Å²) in [6.07, 6.45) is 0.843. The fourth-order valence-corrected chi connectivity index (χ4v) is 1.92. The maximum Gasteiger partial charge on any atom is 0.0443 e. The van der Waals surface area contributed by atoms with Crippen molar-refractivity contribution in [2.45, 2.75) is 11.3 Å². The summed E-state index contributed by atoms with van der Waals surface area (Å²) >= 11 is 1.85. The molecule has 1 aromatic carbocycles. The SMILES string of the molecule is OCCCNCCSc1ccccc1. The molecule has 0 unspecified atom stereocenters. The minimum Gasteiger partial charge on any atom is -0.396 e. The summed E-state index contributed by atoms with van der Waals surface area (Å²) in [5, 5.41) is 11.8. The lowest BCUT2D eigenvalue weighted by Crippen LogP contribution is -2.19. The van der Waals surface area contributed by atoms with Crippen molar-refractivity contribution in [1.82, 2.24) is 5.32 Å². The topological polar surface area (TPSA) is 32.3 Å². The van der Waals surface area contributed by atoms with Gasteiger partial charge in [0.05, 0.1) is 0 Å². The Morgan fingerprint density at radius 3 is 2.64 bits per heavy atom. The van der Waals surface area contributed by atoms with Crippen LogP contribution in [0.5, 0.6) is 0 Å². The molecule has 0 saturated heterocycles. The molecular weight excluding hydrogens is 194 g/mol. The molecule has 0 aromatic heterocycles. The van der Waals surface area contributed by atoms with Crippen molar-refractivity contribution in [1.29, 1.82) is 0 Å². The average Bonchev–Trinajstić information content (AvgIpc) is 2.25. The zero-order valence-corrected chi connectivity index (χ0v) is 9.09. The van der Waals surface area contributed by atoms with Crippen LogP contribution >= 0.6 is 11.8 Å². The third-order valence-corrected chi connectivity index (χ3v) is 2.82. The van der Waals surface area contributed by atoms with Crippen LogP contribution in [0, 0.1) is 0 Å². The quantitative estimate of drug-likeness (QED) is 0.532. The van der Waals surface area contributed by atoms with Crippen LogP contribution in [0.4, 0.5) is 0 Å². The summed E-state index contributed by atoms with van der Waals surface area (Å²) < 4.78 is 0. The first kappa shape index (κ1) is 11.6. The van der Waals surface area contributed by atoms with Gasteiger partial charge in [0, 0.05) is 23.8 Å². The number of hydrogen-bond donors (Lipinski definition) is 2. The Labute approximate surface area is 89.7 Å². The number of thioether (sulfide) groups is 1. The first-order chi connectivity index (χ1) is 6.93. The fourth-order valence-electron chi connectivity index (χ4n) is 1.09. The van der Waals surface area contributed by atoms with Crippen LogP contribution in [-0.4, -0.2) is 30.6 Å². The van der Waals surface area contributed by atoms with E-state index in [0.717, 1.165) is 25.3 Å². The monoisotopic (exact) mass is 211 g/mol. The molecule has 0 spiro atoms. The van der Waals surface area contributed by atoms with E-state index in [4.69, 9.17) is 5.11 Å². The van der Waals surface area contributed by atoms with Crippen molar-refractivity contribution in [3.8, 4) is 0 Å². The summed E-state index contributed by atoms with van der Waals surface area (Å²) in [5.41, 5.74) is 0. The van der Waals surface area contributed by atoms with Crippen LogP contribution in [0.2, 0.25) is 0 Å². The lowest BCUT2D eigenvalue weighted by atomic mass is 10.4. The molecule has 2 N–H and O–H groups in total. The molecule has 0 bridgehead atoms. The zero-order chi connectivity index (χ0) is 10.1. The van der Waals surface area contributed by atoms with Gasteiger partial charge in [-0.25, -0.2) is 0 Å². The highest BCUT2D eigenvalue weighted by Crippen LogP contribution is 2.15. The van der Waals surface area contributed by atoms with Crippen molar-refractivity contribution < 1.29 is 5.11 Å². The highest BCUT2D eigenvalue weighted by atomic mass is 32.2. The molecule has 2 nitrogen and oxygen atoms in total. The van der Waals surface area contributed by atoms with E-state index in [-0.39, 0.29) is 6.61 Å². The zero-order valence-electron chi connectivity index (χ0n) is 8.28. The number of hydrogen-bond acceptors (Lipinski definition) is 3. The molecule has 1 rings (SSSR count). The second-order valence-electron chi connectivity index (χ2n) is 2.99. The number of benzene rings is 1. The summed E-state index contributed by atoms with van der Waals surface area (Å²) in [7, 11) is 0. The van der Waals surface area contributed by atoms with Gasteiger partial charge in [0.1, 0.15) is 0 Å². The van der Waals surface area contributed by atoms with E-state index in [1.807, 2.05) is 17.8 Å². The third-order valence-electron chi connectivity index (χ3n) is 1.80. The second-order valence-corrected chi connectivity index (χ2v) is 4.16. The molecule has 0 heterocycles. The molecule has 0 aliphatic carbocycles. The lowest BCUT2D eigenvalue weighted by Gasteiger charge is -2.03. The summed E-state index contributed by atoms with van der Waals surface area (Å²) in [4.78, 5) is 1.32. The average molecular weight is 211 g/mol. The summed E-state index contributed by atoms with van der Waals surface area (Å²) in [6, 6.07) is 10.4. The Morgan fingerprint density at radius 1 is 1.14 bits per heavy atom. The van der Waals surface area contributed by atoms with Gasteiger partial charge in [-0.3, -0.25) is 0 Å². The summed E-state index contributed by atoms with van der Waals surface area (Å²) in [6.45, 7) is 2.18. The van der Waals surface area contributed by atoms with Gasteiger partial charge in [-0.2, -0.15) is 0 Å². The van der Waals surface area contributed by atoms with Crippen molar-refractivity contribution in [2.24, 2.45) is 0 Å². The first-order valence-electron chi connectivity index (χ1n) is 4.93. The van der Waals surface area contributed by atoms with E-state index in [0.29, 0.717) is 0 Å². The van der Waals surface area contributed by atoms with Crippen LogP contribution in [0.25, 0.3) is 0 Å². The lowest BCUT2D eigenvalue weighted by molar-refractivity contribution is 0.286.